The largest absolute Gasteiger partial charge is 0.573 e. The number of nitrogens with one attached hydrogen (secondary N) is 1. The maximum Gasteiger partial charge on any atom is 0.573 e. The van der Waals surface area contributed by atoms with Gasteiger partial charge >= 0.3 is 6.36 Å². The number of nitrogens with zero attached hydrogens (tertiary/aromatic N) is 2. The van der Waals surface area contributed by atoms with Crippen molar-refractivity contribution in [2.75, 3.05) is 13.1 Å². The molecule has 1 aromatic carbocycles. The number of hydrogen-bond acceptors (Lipinski definition) is 5. The number of benzene rings is 1. The highest BCUT2D eigenvalue weighted by Crippen LogP contribution is 2.31. The molecule has 2 aliphatic rings. The molecule has 1 saturated carbocycles. The minimum Gasteiger partial charge on any atom is -0.405 e. The van der Waals surface area contributed by atoms with Crippen molar-refractivity contribution in [1.29, 1.82) is 5.26 Å². The first-order valence-electron chi connectivity index (χ1n) is 10.3. The van der Waals surface area contributed by atoms with Crippen LogP contribution in [0.15, 0.2) is 18.2 Å². The summed E-state index contributed by atoms with van der Waals surface area (Å²) in [5.41, 5.74) is 5.51. The van der Waals surface area contributed by atoms with Gasteiger partial charge in [0.25, 0.3) is 0 Å². The summed E-state index contributed by atoms with van der Waals surface area (Å²) >= 11 is 0. The molecule has 1 heterocycles. The number of nitriles is 1. The number of likely N-dealkylation sites (tertiary alicyclic amines) is 1. The van der Waals surface area contributed by atoms with Crippen LogP contribution in [0.2, 0.25) is 0 Å². The van der Waals surface area contributed by atoms with E-state index in [9.17, 15) is 22.8 Å². The Labute approximate surface area is 178 Å². The molecule has 1 aromatic rings. The molecular formula is C21H25F3N4O3. The molecule has 1 aliphatic carbocycles. The molecule has 2 amide bonds. The van der Waals surface area contributed by atoms with Gasteiger partial charge in [-0.3, -0.25) is 9.59 Å². The van der Waals surface area contributed by atoms with Gasteiger partial charge in [0.2, 0.25) is 11.8 Å². The van der Waals surface area contributed by atoms with Gasteiger partial charge in [-0.05, 0) is 37.8 Å². The van der Waals surface area contributed by atoms with Gasteiger partial charge in [-0.15, -0.1) is 13.2 Å². The number of alkyl halides is 3. The Morgan fingerprint density at radius 2 is 2.00 bits per heavy atom. The van der Waals surface area contributed by atoms with Crippen molar-refractivity contribution in [3.05, 3.63) is 29.3 Å². The van der Waals surface area contributed by atoms with Crippen molar-refractivity contribution < 1.29 is 27.5 Å². The second-order valence-electron chi connectivity index (χ2n) is 8.15. The first kappa shape index (κ1) is 22.9. The van der Waals surface area contributed by atoms with Crippen LogP contribution >= 0.6 is 0 Å². The molecule has 1 atom stereocenters. The Morgan fingerprint density at radius 3 is 2.65 bits per heavy atom. The van der Waals surface area contributed by atoms with Crippen LogP contribution in [0, 0.1) is 17.2 Å². The maximum absolute atomic E-state index is 12.8. The smallest absolute Gasteiger partial charge is 0.405 e. The molecule has 3 N–H and O–H groups in total. The second kappa shape index (κ2) is 9.14. The predicted octanol–water partition coefficient (Wildman–Crippen LogP) is 2.58. The number of ether oxygens (including phenoxy) is 1. The molecular weight excluding hydrogens is 413 g/mol. The zero-order valence-corrected chi connectivity index (χ0v) is 17.0. The fourth-order valence-electron chi connectivity index (χ4n) is 4.23. The van der Waals surface area contributed by atoms with Crippen molar-refractivity contribution in [3.8, 4) is 11.8 Å². The molecule has 0 spiro atoms. The predicted molar refractivity (Wildman–Crippen MR) is 104 cm³/mol. The first-order valence-corrected chi connectivity index (χ1v) is 10.3. The fraction of sp³-hybridized carbons (Fsp3) is 0.571. The third-order valence-corrected chi connectivity index (χ3v) is 5.88. The third kappa shape index (κ3) is 5.67. The fourth-order valence-corrected chi connectivity index (χ4v) is 4.23. The summed E-state index contributed by atoms with van der Waals surface area (Å²) in [7, 11) is 0. The molecule has 31 heavy (non-hydrogen) atoms. The van der Waals surface area contributed by atoms with Crippen LogP contribution in [0.1, 0.15) is 49.7 Å². The van der Waals surface area contributed by atoms with Crippen LogP contribution in [0.25, 0.3) is 0 Å². The number of carbonyl (C=O) groups excluding carboxylic acids is 2. The number of piperidine rings is 1. The summed E-state index contributed by atoms with van der Waals surface area (Å²) in [6, 6.07) is 5.41. The Balaban J connectivity index is 1.63. The van der Waals surface area contributed by atoms with Crippen LogP contribution in [0.4, 0.5) is 13.2 Å². The lowest BCUT2D eigenvalue weighted by Gasteiger charge is -2.37. The number of nitrogens with two attached hydrogens (primary N) is 1. The van der Waals surface area contributed by atoms with Crippen LogP contribution in [-0.2, 0) is 16.1 Å². The number of carbonyl (C=O) groups is 2. The molecule has 3 rings (SSSR count). The maximum atomic E-state index is 12.8. The van der Waals surface area contributed by atoms with E-state index in [1.807, 2.05) is 0 Å². The van der Waals surface area contributed by atoms with E-state index in [4.69, 9.17) is 11.0 Å². The molecule has 10 heteroatoms. The zero-order valence-electron chi connectivity index (χ0n) is 17.0. The van der Waals surface area contributed by atoms with Crippen molar-refractivity contribution in [1.82, 2.24) is 10.2 Å². The van der Waals surface area contributed by atoms with E-state index in [-0.39, 0.29) is 36.0 Å². The second-order valence-corrected chi connectivity index (χ2v) is 8.15. The van der Waals surface area contributed by atoms with Gasteiger partial charge in [-0.25, -0.2) is 0 Å². The number of rotatable bonds is 5. The summed E-state index contributed by atoms with van der Waals surface area (Å²) in [5, 5.41) is 11.5. The first-order chi connectivity index (χ1) is 14.6. The molecule has 1 unspecified atom stereocenters. The van der Waals surface area contributed by atoms with E-state index < -0.39 is 23.6 Å². The molecule has 1 saturated heterocycles. The Bertz CT molecular complexity index is 876. The van der Waals surface area contributed by atoms with E-state index >= 15 is 0 Å². The average Bonchev–Trinajstić information content (AvgIpc) is 3.18. The highest BCUT2D eigenvalue weighted by Gasteiger charge is 2.41. The Kier molecular flexibility index (Phi) is 6.74. The Hall–Kier alpha value is -2.80. The van der Waals surface area contributed by atoms with E-state index in [0.29, 0.717) is 32.2 Å². The standard InChI is InChI=1S/C21H25F3N4O3/c22-21(23,24)31-17-10-14(11-25)5-6-15(17)12-27-18(29)16-4-3-9-28(13-16)19(30)20(26)7-1-2-8-20/h5-6,10,16H,1-4,7-9,12-13,26H2,(H,27,29). The Morgan fingerprint density at radius 1 is 1.29 bits per heavy atom. The highest BCUT2D eigenvalue weighted by atomic mass is 19.4. The summed E-state index contributed by atoms with van der Waals surface area (Å²) in [5.74, 6) is -1.47. The lowest BCUT2D eigenvalue weighted by Crippen LogP contribution is -2.56. The van der Waals surface area contributed by atoms with Crippen LogP contribution < -0.4 is 15.8 Å². The highest BCUT2D eigenvalue weighted by molar-refractivity contribution is 5.87. The molecule has 0 aromatic heterocycles. The van der Waals surface area contributed by atoms with Gasteiger partial charge in [-0.1, -0.05) is 18.9 Å². The zero-order chi connectivity index (χ0) is 22.6. The normalized spacial score (nSPS) is 20.7. The van der Waals surface area contributed by atoms with Gasteiger partial charge in [0.05, 0.1) is 23.1 Å². The van der Waals surface area contributed by atoms with E-state index in [2.05, 4.69) is 10.1 Å². The van der Waals surface area contributed by atoms with E-state index in [1.165, 1.54) is 12.1 Å². The minimum atomic E-state index is -4.92. The van der Waals surface area contributed by atoms with Gasteiger partial charge in [0.15, 0.2) is 0 Å². The molecule has 0 radical (unpaired) electrons. The number of amides is 2. The number of halogens is 3. The molecule has 0 bridgehead atoms. The van der Waals surface area contributed by atoms with Gasteiger partial charge < -0.3 is 20.7 Å². The van der Waals surface area contributed by atoms with Crippen LogP contribution in [-0.4, -0.2) is 41.7 Å². The molecule has 7 nitrogen and oxygen atoms in total. The summed E-state index contributed by atoms with van der Waals surface area (Å²) < 4.78 is 42.1. The average molecular weight is 438 g/mol. The van der Waals surface area contributed by atoms with Crippen molar-refractivity contribution in [3.63, 3.8) is 0 Å². The lowest BCUT2D eigenvalue weighted by molar-refractivity contribution is -0.274. The SMILES string of the molecule is N#Cc1ccc(CNC(=O)C2CCCN(C(=O)C3(N)CCCC3)C2)c(OC(F)(F)F)c1. The summed E-state index contributed by atoms with van der Waals surface area (Å²) in [6.45, 7) is 0.588. The van der Waals surface area contributed by atoms with Gasteiger partial charge in [0, 0.05) is 25.2 Å². The van der Waals surface area contributed by atoms with Crippen LogP contribution in [0.5, 0.6) is 5.75 Å². The molecule has 2 fully saturated rings. The quantitative estimate of drug-likeness (QED) is 0.735. The minimum absolute atomic E-state index is 0.0124. The molecule has 1 aliphatic heterocycles. The lowest BCUT2D eigenvalue weighted by atomic mass is 9.92. The number of hydrogen-bond donors (Lipinski definition) is 2. The van der Waals surface area contributed by atoms with E-state index in [1.54, 1.807) is 11.0 Å². The molecule has 168 valence electrons. The van der Waals surface area contributed by atoms with Crippen molar-refractivity contribution in [2.45, 2.75) is 57.0 Å². The van der Waals surface area contributed by atoms with Gasteiger partial charge in [0.1, 0.15) is 5.75 Å². The topological polar surface area (TPSA) is 108 Å². The third-order valence-electron chi connectivity index (χ3n) is 5.88. The summed E-state index contributed by atoms with van der Waals surface area (Å²) in [4.78, 5) is 27.1. The van der Waals surface area contributed by atoms with Gasteiger partial charge in [-0.2, -0.15) is 5.26 Å². The van der Waals surface area contributed by atoms with Crippen molar-refractivity contribution >= 4 is 11.8 Å². The monoisotopic (exact) mass is 438 g/mol. The summed E-state index contributed by atoms with van der Waals surface area (Å²) in [6.07, 6.45) is -0.596. The van der Waals surface area contributed by atoms with E-state index in [0.717, 1.165) is 18.9 Å². The van der Waals surface area contributed by atoms with Crippen LogP contribution in [0.3, 0.4) is 0 Å². The van der Waals surface area contributed by atoms with Crippen molar-refractivity contribution in [2.24, 2.45) is 11.7 Å².